The molecule has 2 heterocycles. The number of carbonyl (C=O) groups is 1. The molecular formula is C17H26N4O. The lowest BCUT2D eigenvalue weighted by molar-refractivity contribution is -0.132. The van der Waals surface area contributed by atoms with Crippen LogP contribution in [0.1, 0.15) is 45.9 Å². The summed E-state index contributed by atoms with van der Waals surface area (Å²) in [7, 11) is 0. The predicted octanol–water partition coefficient (Wildman–Crippen LogP) is 2.22. The monoisotopic (exact) mass is 302 g/mol. The van der Waals surface area contributed by atoms with Crippen molar-refractivity contribution in [2.24, 2.45) is 5.92 Å². The van der Waals surface area contributed by atoms with Crippen LogP contribution in [0.3, 0.4) is 0 Å². The number of hydrogen-bond acceptors (Lipinski definition) is 4. The highest BCUT2D eigenvalue weighted by atomic mass is 16.2. The molecule has 0 aromatic carbocycles. The third-order valence-corrected chi connectivity index (χ3v) is 4.37. The number of aromatic nitrogens is 2. The molecule has 0 unspecified atom stereocenters. The van der Waals surface area contributed by atoms with Crippen molar-refractivity contribution in [3.63, 3.8) is 0 Å². The van der Waals surface area contributed by atoms with Crippen molar-refractivity contribution in [2.75, 3.05) is 31.1 Å². The zero-order chi connectivity index (χ0) is 15.7. The smallest absolute Gasteiger partial charge is 0.225 e. The summed E-state index contributed by atoms with van der Waals surface area (Å²) in [5.74, 6) is 2.54. The van der Waals surface area contributed by atoms with Gasteiger partial charge in [0.2, 0.25) is 5.91 Å². The standard InChI is InChI=1S/C17H26N4O/c1-17(2,3)16-18-8-7-14(19-16)20-9-4-10-21(12-11-20)15(22)13-5-6-13/h7-8,13H,4-6,9-12H2,1-3H3. The summed E-state index contributed by atoms with van der Waals surface area (Å²) in [4.78, 5) is 25.7. The van der Waals surface area contributed by atoms with Gasteiger partial charge in [0.1, 0.15) is 11.6 Å². The van der Waals surface area contributed by atoms with Gasteiger partial charge in [-0.3, -0.25) is 4.79 Å². The van der Waals surface area contributed by atoms with Gasteiger partial charge < -0.3 is 9.80 Å². The first-order valence-corrected chi connectivity index (χ1v) is 8.32. The van der Waals surface area contributed by atoms with Crippen molar-refractivity contribution in [2.45, 2.75) is 45.4 Å². The maximum Gasteiger partial charge on any atom is 0.225 e. The minimum Gasteiger partial charge on any atom is -0.355 e. The zero-order valence-electron chi connectivity index (χ0n) is 13.9. The molecule has 1 aromatic heterocycles. The number of carbonyl (C=O) groups excluding carboxylic acids is 1. The lowest BCUT2D eigenvalue weighted by Crippen LogP contribution is -2.36. The SMILES string of the molecule is CC(C)(C)c1nccc(N2CCCN(C(=O)C3CC3)CC2)n1. The van der Waals surface area contributed by atoms with Crippen molar-refractivity contribution >= 4 is 11.7 Å². The van der Waals surface area contributed by atoms with E-state index in [1.165, 1.54) is 0 Å². The van der Waals surface area contributed by atoms with Gasteiger partial charge in [0.15, 0.2) is 0 Å². The van der Waals surface area contributed by atoms with Gasteiger partial charge in [0.05, 0.1) is 0 Å². The van der Waals surface area contributed by atoms with Crippen LogP contribution in [0.4, 0.5) is 5.82 Å². The third kappa shape index (κ3) is 3.39. The van der Waals surface area contributed by atoms with Crippen LogP contribution in [0.25, 0.3) is 0 Å². The molecule has 0 N–H and O–H groups in total. The Bertz CT molecular complexity index is 548. The second-order valence-corrected chi connectivity index (χ2v) is 7.43. The molecule has 1 aromatic rings. The molecule has 22 heavy (non-hydrogen) atoms. The fourth-order valence-corrected chi connectivity index (χ4v) is 2.84. The fourth-order valence-electron chi connectivity index (χ4n) is 2.84. The second-order valence-electron chi connectivity index (χ2n) is 7.43. The van der Waals surface area contributed by atoms with Crippen LogP contribution in [-0.2, 0) is 10.2 Å². The van der Waals surface area contributed by atoms with Crippen molar-refractivity contribution in [1.29, 1.82) is 0 Å². The highest BCUT2D eigenvalue weighted by Crippen LogP contribution is 2.31. The molecule has 2 fully saturated rings. The van der Waals surface area contributed by atoms with Gasteiger partial charge in [-0.25, -0.2) is 9.97 Å². The number of rotatable bonds is 2. The van der Waals surface area contributed by atoms with Gasteiger partial charge in [-0.2, -0.15) is 0 Å². The topological polar surface area (TPSA) is 49.3 Å². The van der Waals surface area contributed by atoms with Gasteiger partial charge >= 0.3 is 0 Å². The Morgan fingerprint density at radius 3 is 2.64 bits per heavy atom. The van der Waals surface area contributed by atoms with E-state index in [2.05, 4.69) is 30.7 Å². The van der Waals surface area contributed by atoms with Crippen LogP contribution < -0.4 is 4.90 Å². The highest BCUT2D eigenvalue weighted by Gasteiger charge is 2.34. The largest absolute Gasteiger partial charge is 0.355 e. The van der Waals surface area contributed by atoms with Crippen molar-refractivity contribution < 1.29 is 4.79 Å². The van der Waals surface area contributed by atoms with Crippen LogP contribution in [0, 0.1) is 5.92 Å². The van der Waals surface area contributed by atoms with Gasteiger partial charge in [-0.05, 0) is 25.3 Å². The van der Waals surface area contributed by atoms with Crippen LogP contribution in [0.5, 0.6) is 0 Å². The van der Waals surface area contributed by atoms with E-state index in [0.29, 0.717) is 11.8 Å². The minimum atomic E-state index is -0.0458. The molecule has 120 valence electrons. The molecule has 1 aliphatic heterocycles. The van der Waals surface area contributed by atoms with E-state index in [1.807, 2.05) is 17.2 Å². The first-order chi connectivity index (χ1) is 10.4. The Morgan fingerprint density at radius 2 is 1.95 bits per heavy atom. The Labute approximate surface area is 132 Å². The quantitative estimate of drug-likeness (QED) is 0.840. The van der Waals surface area contributed by atoms with Gasteiger partial charge in [0, 0.05) is 43.7 Å². The molecule has 1 amide bonds. The molecule has 0 radical (unpaired) electrons. The van der Waals surface area contributed by atoms with Gasteiger partial charge in [0.25, 0.3) is 0 Å². The molecule has 2 aliphatic rings. The Morgan fingerprint density at radius 1 is 1.18 bits per heavy atom. The van der Waals surface area contributed by atoms with Gasteiger partial charge in [-0.15, -0.1) is 0 Å². The second kappa shape index (κ2) is 5.86. The summed E-state index contributed by atoms with van der Waals surface area (Å²) in [5, 5.41) is 0. The molecular weight excluding hydrogens is 276 g/mol. The summed E-state index contributed by atoms with van der Waals surface area (Å²) in [5.41, 5.74) is -0.0458. The normalized spacial score (nSPS) is 20.0. The number of nitrogens with zero attached hydrogens (tertiary/aromatic N) is 4. The lowest BCUT2D eigenvalue weighted by Gasteiger charge is -2.24. The summed E-state index contributed by atoms with van der Waals surface area (Å²) >= 11 is 0. The summed E-state index contributed by atoms with van der Waals surface area (Å²) in [6, 6.07) is 1.98. The lowest BCUT2D eigenvalue weighted by atomic mass is 9.96. The van der Waals surface area contributed by atoms with Crippen molar-refractivity contribution in [3.05, 3.63) is 18.1 Å². The van der Waals surface area contributed by atoms with Crippen LogP contribution in [0.2, 0.25) is 0 Å². The molecule has 1 saturated heterocycles. The first-order valence-electron chi connectivity index (χ1n) is 8.32. The van der Waals surface area contributed by atoms with Crippen LogP contribution >= 0.6 is 0 Å². The van der Waals surface area contributed by atoms with Crippen LogP contribution in [0.15, 0.2) is 12.3 Å². The van der Waals surface area contributed by atoms with Gasteiger partial charge in [-0.1, -0.05) is 20.8 Å². The molecule has 1 aliphatic carbocycles. The number of amides is 1. The van der Waals surface area contributed by atoms with E-state index in [9.17, 15) is 4.79 Å². The molecule has 5 heteroatoms. The molecule has 0 spiro atoms. The van der Waals surface area contributed by atoms with E-state index in [4.69, 9.17) is 4.98 Å². The number of anilines is 1. The summed E-state index contributed by atoms with van der Waals surface area (Å²) in [6.07, 6.45) is 5.02. The number of hydrogen-bond donors (Lipinski definition) is 0. The van der Waals surface area contributed by atoms with E-state index < -0.39 is 0 Å². The zero-order valence-corrected chi connectivity index (χ0v) is 13.9. The van der Waals surface area contributed by atoms with E-state index in [-0.39, 0.29) is 5.41 Å². The summed E-state index contributed by atoms with van der Waals surface area (Å²) in [6.45, 7) is 9.89. The first kappa shape index (κ1) is 15.3. The van der Waals surface area contributed by atoms with Crippen molar-refractivity contribution in [1.82, 2.24) is 14.9 Å². The molecule has 0 atom stereocenters. The average Bonchev–Trinajstić information content (AvgIpc) is 3.32. The minimum absolute atomic E-state index is 0.0458. The maximum atomic E-state index is 12.2. The summed E-state index contributed by atoms with van der Waals surface area (Å²) < 4.78 is 0. The average molecular weight is 302 g/mol. The Hall–Kier alpha value is -1.65. The fraction of sp³-hybridized carbons (Fsp3) is 0.706. The maximum absolute atomic E-state index is 12.2. The van der Waals surface area contributed by atoms with E-state index >= 15 is 0 Å². The highest BCUT2D eigenvalue weighted by molar-refractivity contribution is 5.81. The van der Waals surface area contributed by atoms with Crippen LogP contribution in [-0.4, -0.2) is 47.0 Å². The third-order valence-electron chi connectivity index (χ3n) is 4.37. The predicted molar refractivity (Wildman–Crippen MR) is 86.9 cm³/mol. The molecule has 0 bridgehead atoms. The van der Waals surface area contributed by atoms with E-state index in [0.717, 1.165) is 57.1 Å². The van der Waals surface area contributed by atoms with Crippen molar-refractivity contribution in [3.8, 4) is 0 Å². The molecule has 3 rings (SSSR count). The molecule has 1 saturated carbocycles. The van der Waals surface area contributed by atoms with E-state index in [1.54, 1.807) is 0 Å². The Kier molecular flexibility index (Phi) is 4.06. The Balaban J connectivity index is 1.69. The molecule has 5 nitrogen and oxygen atoms in total.